The molecule has 1 amide bonds. The molecule has 1 heterocycles. The molecule has 3 N–H and O–H groups in total. The Kier molecular flexibility index (Phi) is 4.90. The van der Waals surface area contributed by atoms with Crippen molar-refractivity contribution in [1.29, 1.82) is 0 Å². The molecule has 0 saturated carbocycles. The molecule has 0 bridgehead atoms. The second-order valence-corrected chi connectivity index (χ2v) is 5.15. The molecule has 0 aliphatic rings. The van der Waals surface area contributed by atoms with Gasteiger partial charge < -0.3 is 11.1 Å². The fourth-order valence-electron chi connectivity index (χ4n) is 2.02. The highest BCUT2D eigenvalue weighted by Crippen LogP contribution is 2.16. The van der Waals surface area contributed by atoms with Crippen LogP contribution in [-0.4, -0.2) is 29.4 Å². The van der Waals surface area contributed by atoms with Gasteiger partial charge in [-0.25, -0.2) is 0 Å². The Morgan fingerprint density at radius 1 is 1.38 bits per heavy atom. The van der Waals surface area contributed by atoms with E-state index in [1.54, 1.807) is 18.5 Å². The van der Waals surface area contributed by atoms with Crippen LogP contribution in [0.1, 0.15) is 11.1 Å². The summed E-state index contributed by atoms with van der Waals surface area (Å²) in [5.74, 6) is -0.0651. The van der Waals surface area contributed by atoms with E-state index in [4.69, 9.17) is 5.73 Å². The Bertz CT molecular complexity index is 613. The molecule has 1 aromatic carbocycles. The second kappa shape index (κ2) is 6.85. The molecule has 0 saturated heterocycles. The van der Waals surface area contributed by atoms with Crippen molar-refractivity contribution >= 4 is 17.3 Å². The fourth-order valence-corrected chi connectivity index (χ4v) is 2.02. The number of aryl methyl sites for hydroxylation is 1. The van der Waals surface area contributed by atoms with Crippen LogP contribution >= 0.6 is 0 Å². The number of amides is 1. The normalized spacial score (nSPS) is 10.6. The molecule has 0 atom stereocenters. The van der Waals surface area contributed by atoms with Crippen molar-refractivity contribution in [3.8, 4) is 0 Å². The average Bonchev–Trinajstić information content (AvgIpc) is 2.43. The highest BCUT2D eigenvalue weighted by molar-refractivity contribution is 5.92. The van der Waals surface area contributed by atoms with Gasteiger partial charge in [-0.1, -0.05) is 12.1 Å². The SMILES string of the molecule is Cc1ccc(NC(=O)CN(C)Cc2cccnc2)cc1N. The van der Waals surface area contributed by atoms with Crippen molar-refractivity contribution in [1.82, 2.24) is 9.88 Å². The van der Waals surface area contributed by atoms with Crippen LogP contribution in [-0.2, 0) is 11.3 Å². The van der Waals surface area contributed by atoms with Crippen LogP contribution in [0.4, 0.5) is 11.4 Å². The number of pyridine rings is 1. The van der Waals surface area contributed by atoms with Crippen molar-refractivity contribution < 1.29 is 4.79 Å². The van der Waals surface area contributed by atoms with E-state index in [0.29, 0.717) is 18.8 Å². The Morgan fingerprint density at radius 2 is 2.19 bits per heavy atom. The quantitative estimate of drug-likeness (QED) is 0.824. The minimum Gasteiger partial charge on any atom is -0.398 e. The molecular formula is C16H20N4O. The Labute approximate surface area is 124 Å². The Balaban J connectivity index is 1.87. The third-order valence-corrected chi connectivity index (χ3v) is 3.15. The zero-order chi connectivity index (χ0) is 15.2. The minimum absolute atomic E-state index is 0.0651. The van der Waals surface area contributed by atoms with E-state index in [1.165, 1.54) is 0 Å². The number of carbonyl (C=O) groups is 1. The van der Waals surface area contributed by atoms with Crippen LogP contribution in [0.15, 0.2) is 42.7 Å². The molecule has 2 aromatic rings. The predicted molar refractivity (Wildman–Crippen MR) is 84.8 cm³/mol. The first-order chi connectivity index (χ1) is 10.0. The number of hydrogen-bond donors (Lipinski definition) is 2. The van der Waals surface area contributed by atoms with Crippen molar-refractivity contribution in [2.75, 3.05) is 24.6 Å². The Morgan fingerprint density at radius 3 is 2.86 bits per heavy atom. The lowest BCUT2D eigenvalue weighted by molar-refractivity contribution is -0.117. The summed E-state index contributed by atoms with van der Waals surface area (Å²) >= 11 is 0. The van der Waals surface area contributed by atoms with Crippen LogP contribution in [0.3, 0.4) is 0 Å². The summed E-state index contributed by atoms with van der Waals surface area (Å²) in [7, 11) is 1.90. The van der Waals surface area contributed by atoms with Crippen molar-refractivity contribution in [2.24, 2.45) is 0 Å². The summed E-state index contributed by atoms with van der Waals surface area (Å²) in [5.41, 5.74) is 9.31. The zero-order valence-corrected chi connectivity index (χ0v) is 12.3. The molecule has 110 valence electrons. The number of carbonyl (C=O) groups excluding carboxylic acids is 1. The maximum absolute atomic E-state index is 12.0. The molecular weight excluding hydrogens is 264 g/mol. The number of likely N-dealkylation sites (N-methyl/N-ethyl adjacent to an activating group) is 1. The number of nitrogen functional groups attached to an aromatic ring is 1. The minimum atomic E-state index is -0.0651. The van der Waals surface area contributed by atoms with Gasteiger partial charge in [-0.2, -0.15) is 0 Å². The molecule has 0 aliphatic carbocycles. The van der Waals surface area contributed by atoms with Crippen LogP contribution in [0.5, 0.6) is 0 Å². The van der Waals surface area contributed by atoms with Crippen LogP contribution in [0.25, 0.3) is 0 Å². The standard InChI is InChI=1S/C16H20N4O/c1-12-5-6-14(8-15(12)17)19-16(21)11-20(2)10-13-4-3-7-18-9-13/h3-9H,10-11,17H2,1-2H3,(H,19,21). The van der Waals surface area contributed by atoms with Gasteiger partial charge in [-0.3, -0.25) is 14.7 Å². The molecule has 5 nitrogen and oxygen atoms in total. The van der Waals surface area contributed by atoms with E-state index < -0.39 is 0 Å². The van der Waals surface area contributed by atoms with Crippen LogP contribution in [0, 0.1) is 6.92 Å². The lowest BCUT2D eigenvalue weighted by Gasteiger charge is -2.16. The summed E-state index contributed by atoms with van der Waals surface area (Å²) in [5, 5.41) is 2.85. The van der Waals surface area contributed by atoms with E-state index in [-0.39, 0.29) is 5.91 Å². The van der Waals surface area contributed by atoms with E-state index in [2.05, 4.69) is 10.3 Å². The monoisotopic (exact) mass is 284 g/mol. The first-order valence-corrected chi connectivity index (χ1v) is 6.78. The van der Waals surface area contributed by atoms with Gasteiger partial charge in [0.05, 0.1) is 6.54 Å². The number of nitrogens with zero attached hydrogens (tertiary/aromatic N) is 2. The molecule has 0 aliphatic heterocycles. The molecule has 1 aromatic heterocycles. The van der Waals surface area contributed by atoms with Gasteiger partial charge in [0.25, 0.3) is 0 Å². The molecule has 21 heavy (non-hydrogen) atoms. The number of rotatable bonds is 5. The third-order valence-electron chi connectivity index (χ3n) is 3.15. The number of nitrogens with one attached hydrogen (secondary N) is 1. The maximum atomic E-state index is 12.0. The van der Waals surface area contributed by atoms with Crippen molar-refractivity contribution in [2.45, 2.75) is 13.5 Å². The number of benzene rings is 1. The van der Waals surface area contributed by atoms with Crippen LogP contribution in [0.2, 0.25) is 0 Å². The average molecular weight is 284 g/mol. The molecule has 0 fully saturated rings. The lowest BCUT2D eigenvalue weighted by atomic mass is 10.2. The van der Waals surface area contributed by atoms with E-state index >= 15 is 0 Å². The summed E-state index contributed by atoms with van der Waals surface area (Å²) < 4.78 is 0. The lowest BCUT2D eigenvalue weighted by Crippen LogP contribution is -2.29. The molecule has 5 heteroatoms. The van der Waals surface area contributed by atoms with Gasteiger partial charge in [-0.15, -0.1) is 0 Å². The first-order valence-electron chi connectivity index (χ1n) is 6.78. The molecule has 0 radical (unpaired) electrons. The maximum Gasteiger partial charge on any atom is 0.238 e. The van der Waals surface area contributed by atoms with Gasteiger partial charge in [-0.05, 0) is 43.3 Å². The topological polar surface area (TPSA) is 71.2 Å². The number of aromatic nitrogens is 1. The smallest absolute Gasteiger partial charge is 0.238 e. The highest BCUT2D eigenvalue weighted by atomic mass is 16.2. The first kappa shape index (κ1) is 15.0. The number of hydrogen-bond acceptors (Lipinski definition) is 4. The summed E-state index contributed by atoms with van der Waals surface area (Å²) in [6.45, 7) is 2.92. The third kappa shape index (κ3) is 4.57. The number of anilines is 2. The zero-order valence-electron chi connectivity index (χ0n) is 12.3. The fraction of sp³-hybridized carbons (Fsp3) is 0.250. The largest absolute Gasteiger partial charge is 0.398 e. The van der Waals surface area contributed by atoms with Gasteiger partial charge >= 0.3 is 0 Å². The summed E-state index contributed by atoms with van der Waals surface area (Å²) in [4.78, 5) is 18.0. The molecule has 0 unspecified atom stereocenters. The van der Waals surface area contributed by atoms with Gasteiger partial charge in [0.2, 0.25) is 5.91 Å². The van der Waals surface area contributed by atoms with E-state index in [1.807, 2.05) is 43.1 Å². The predicted octanol–water partition coefficient (Wildman–Crippen LogP) is 2.04. The van der Waals surface area contributed by atoms with Crippen molar-refractivity contribution in [3.63, 3.8) is 0 Å². The highest BCUT2D eigenvalue weighted by Gasteiger charge is 2.08. The van der Waals surface area contributed by atoms with Gasteiger partial charge in [0.15, 0.2) is 0 Å². The Hall–Kier alpha value is -2.40. The van der Waals surface area contributed by atoms with Gasteiger partial charge in [0.1, 0.15) is 0 Å². The van der Waals surface area contributed by atoms with E-state index in [0.717, 1.165) is 16.8 Å². The second-order valence-electron chi connectivity index (χ2n) is 5.15. The molecule has 0 spiro atoms. The van der Waals surface area contributed by atoms with E-state index in [9.17, 15) is 4.79 Å². The number of nitrogens with two attached hydrogens (primary N) is 1. The summed E-state index contributed by atoms with van der Waals surface area (Å²) in [6, 6.07) is 9.39. The van der Waals surface area contributed by atoms with Crippen molar-refractivity contribution in [3.05, 3.63) is 53.9 Å². The summed E-state index contributed by atoms with van der Waals surface area (Å²) in [6.07, 6.45) is 3.53. The molecule has 2 rings (SSSR count). The van der Waals surface area contributed by atoms with Gasteiger partial charge in [0, 0.05) is 30.3 Å². The van der Waals surface area contributed by atoms with Crippen LogP contribution < -0.4 is 11.1 Å².